The van der Waals surface area contributed by atoms with Crippen molar-refractivity contribution in [1.29, 1.82) is 0 Å². The van der Waals surface area contributed by atoms with Crippen LogP contribution in [-0.2, 0) is 24.7 Å². The Morgan fingerprint density at radius 2 is 1.81 bits per heavy atom. The molecule has 0 spiro atoms. The Hall–Kier alpha value is -2.49. The number of benzene rings is 1. The van der Waals surface area contributed by atoms with Gasteiger partial charge in [0.1, 0.15) is 0 Å². The molecule has 2 N–H and O–H groups in total. The van der Waals surface area contributed by atoms with Crippen LogP contribution in [0.2, 0.25) is 0 Å². The molecule has 6 nitrogen and oxygen atoms in total. The summed E-state index contributed by atoms with van der Waals surface area (Å²) in [5.41, 5.74) is -6.73. The Labute approximate surface area is 178 Å². The van der Waals surface area contributed by atoms with Gasteiger partial charge in [-0.25, -0.2) is 4.79 Å². The summed E-state index contributed by atoms with van der Waals surface area (Å²) in [6.07, 6.45) is -3.63. The molecule has 0 bridgehead atoms. The Kier molecular flexibility index (Phi) is 6.85. The van der Waals surface area contributed by atoms with Crippen molar-refractivity contribution in [2.45, 2.75) is 56.3 Å². The fraction of sp³-hybridized carbons (Fsp3) is 0.455. The molecule has 0 heterocycles. The SMILES string of the molecule is CO[C@@](C(=O)O[C@@H]1C[C@](C)(O)C(/C=C/C(C)(C)O)=CC1=O)(c1ccccc1)C(F)(F)F. The molecule has 2 rings (SSSR count). The first-order valence-corrected chi connectivity index (χ1v) is 9.42. The number of ketones is 1. The van der Waals surface area contributed by atoms with E-state index in [9.17, 15) is 33.0 Å². The lowest BCUT2D eigenvalue weighted by Gasteiger charge is -2.36. The predicted octanol–water partition coefficient (Wildman–Crippen LogP) is 2.98. The van der Waals surface area contributed by atoms with Crippen molar-refractivity contribution in [3.05, 3.63) is 59.7 Å². The number of hydrogen-bond donors (Lipinski definition) is 2. The quantitative estimate of drug-likeness (QED) is 0.658. The van der Waals surface area contributed by atoms with Crippen LogP contribution in [0.3, 0.4) is 0 Å². The Morgan fingerprint density at radius 3 is 2.29 bits per heavy atom. The molecule has 31 heavy (non-hydrogen) atoms. The molecule has 3 atom stereocenters. The number of esters is 1. The van der Waals surface area contributed by atoms with Crippen LogP contribution < -0.4 is 0 Å². The molecule has 0 aromatic heterocycles. The third kappa shape index (κ3) is 5.23. The predicted molar refractivity (Wildman–Crippen MR) is 105 cm³/mol. The van der Waals surface area contributed by atoms with Crippen molar-refractivity contribution in [1.82, 2.24) is 0 Å². The topological polar surface area (TPSA) is 93.1 Å². The maximum Gasteiger partial charge on any atom is 0.432 e. The summed E-state index contributed by atoms with van der Waals surface area (Å²) in [4.78, 5) is 25.2. The number of halogens is 3. The van der Waals surface area contributed by atoms with Gasteiger partial charge in [-0.1, -0.05) is 42.5 Å². The molecule has 0 saturated heterocycles. The molecule has 0 unspecified atom stereocenters. The van der Waals surface area contributed by atoms with Crippen molar-refractivity contribution in [3.63, 3.8) is 0 Å². The minimum absolute atomic E-state index is 0.129. The average molecular weight is 442 g/mol. The summed E-state index contributed by atoms with van der Waals surface area (Å²) in [6.45, 7) is 4.30. The second-order valence-electron chi connectivity index (χ2n) is 8.11. The Balaban J connectivity index is 2.39. The van der Waals surface area contributed by atoms with E-state index in [0.29, 0.717) is 0 Å². The highest BCUT2D eigenvalue weighted by Gasteiger charge is 2.64. The lowest BCUT2D eigenvalue weighted by molar-refractivity contribution is -0.278. The van der Waals surface area contributed by atoms with Gasteiger partial charge in [0.05, 0.1) is 11.2 Å². The van der Waals surface area contributed by atoms with E-state index < -0.39 is 52.8 Å². The first kappa shape index (κ1) is 24.8. The first-order valence-electron chi connectivity index (χ1n) is 9.42. The van der Waals surface area contributed by atoms with E-state index in [1.807, 2.05) is 0 Å². The van der Waals surface area contributed by atoms with E-state index in [0.717, 1.165) is 25.3 Å². The molecule has 1 aromatic rings. The van der Waals surface area contributed by atoms with Gasteiger partial charge >= 0.3 is 12.1 Å². The Morgan fingerprint density at radius 1 is 1.23 bits per heavy atom. The van der Waals surface area contributed by atoms with Gasteiger partial charge in [-0.3, -0.25) is 4.79 Å². The summed E-state index contributed by atoms with van der Waals surface area (Å²) < 4.78 is 51.6. The molecule has 0 amide bonds. The zero-order valence-electron chi connectivity index (χ0n) is 17.6. The number of ether oxygens (including phenoxy) is 2. The number of rotatable bonds is 6. The molecular formula is C22H25F3O6. The molecule has 1 aromatic carbocycles. The molecule has 1 aliphatic carbocycles. The smallest absolute Gasteiger partial charge is 0.432 e. The maximum atomic E-state index is 14.0. The summed E-state index contributed by atoms with van der Waals surface area (Å²) in [6, 6.07) is 6.22. The third-order valence-corrected chi connectivity index (χ3v) is 4.91. The Bertz CT molecular complexity index is 881. The highest BCUT2D eigenvalue weighted by atomic mass is 19.4. The van der Waals surface area contributed by atoms with Gasteiger partial charge < -0.3 is 19.7 Å². The van der Waals surface area contributed by atoms with Gasteiger partial charge in [-0.2, -0.15) is 13.2 Å². The van der Waals surface area contributed by atoms with Crippen LogP contribution in [0.4, 0.5) is 13.2 Å². The molecule has 1 aliphatic rings. The molecule has 0 aliphatic heterocycles. The zero-order valence-corrected chi connectivity index (χ0v) is 17.6. The van der Waals surface area contributed by atoms with Crippen molar-refractivity contribution in [3.8, 4) is 0 Å². The second-order valence-corrected chi connectivity index (χ2v) is 8.11. The molecular weight excluding hydrogens is 417 g/mol. The van der Waals surface area contributed by atoms with Crippen LogP contribution in [-0.4, -0.2) is 52.6 Å². The number of aliphatic hydroxyl groups is 2. The third-order valence-electron chi connectivity index (χ3n) is 4.91. The van der Waals surface area contributed by atoms with Crippen molar-refractivity contribution in [2.24, 2.45) is 0 Å². The fourth-order valence-electron chi connectivity index (χ4n) is 3.20. The molecule has 0 fully saturated rings. The van der Waals surface area contributed by atoms with Gasteiger partial charge in [0, 0.05) is 19.1 Å². The minimum atomic E-state index is -5.18. The standard InChI is InChI=1S/C22H25F3O6/c1-19(2,28)11-10-15-12-16(26)17(13-20(15,3)29)31-18(27)21(30-4,22(23,24)25)14-8-6-5-7-9-14/h5-12,17,28-29H,13H2,1-4H3/b11-10+/t17-,20+,21-/m1/s1. The number of carbonyl (C=O) groups excluding carboxylic acids is 2. The average Bonchev–Trinajstić information content (AvgIpc) is 2.63. The highest BCUT2D eigenvalue weighted by Crippen LogP contribution is 2.43. The van der Waals surface area contributed by atoms with Crippen LogP contribution in [0, 0.1) is 0 Å². The minimum Gasteiger partial charge on any atom is -0.451 e. The lowest BCUT2D eigenvalue weighted by Crippen LogP contribution is -2.54. The van der Waals surface area contributed by atoms with E-state index in [2.05, 4.69) is 4.74 Å². The van der Waals surface area contributed by atoms with E-state index in [4.69, 9.17) is 4.74 Å². The molecule has 170 valence electrons. The van der Waals surface area contributed by atoms with Crippen molar-refractivity contribution >= 4 is 11.8 Å². The van der Waals surface area contributed by atoms with Gasteiger partial charge in [0.2, 0.25) is 0 Å². The van der Waals surface area contributed by atoms with E-state index in [-0.39, 0.29) is 5.57 Å². The second kappa shape index (κ2) is 8.57. The highest BCUT2D eigenvalue weighted by molar-refractivity contribution is 5.98. The van der Waals surface area contributed by atoms with Crippen LogP contribution in [0.5, 0.6) is 0 Å². The largest absolute Gasteiger partial charge is 0.451 e. The normalized spacial score (nSPS) is 24.6. The maximum absolute atomic E-state index is 14.0. The number of methoxy groups -OCH3 is 1. The van der Waals surface area contributed by atoms with E-state index in [1.165, 1.54) is 51.1 Å². The van der Waals surface area contributed by atoms with Gasteiger partial charge in [0.25, 0.3) is 5.60 Å². The van der Waals surface area contributed by atoms with Crippen molar-refractivity contribution in [2.75, 3.05) is 7.11 Å². The summed E-state index contributed by atoms with van der Waals surface area (Å²) >= 11 is 0. The number of hydrogen-bond acceptors (Lipinski definition) is 6. The van der Waals surface area contributed by atoms with E-state index >= 15 is 0 Å². The number of carbonyl (C=O) groups is 2. The van der Waals surface area contributed by atoms with Crippen LogP contribution in [0.1, 0.15) is 32.8 Å². The summed E-state index contributed by atoms with van der Waals surface area (Å²) in [5, 5.41) is 20.5. The molecule has 9 heteroatoms. The van der Waals surface area contributed by atoms with Crippen LogP contribution >= 0.6 is 0 Å². The summed E-state index contributed by atoms with van der Waals surface area (Å²) in [5.74, 6) is -2.61. The first-order chi connectivity index (χ1) is 14.1. The molecule has 0 radical (unpaired) electrons. The van der Waals surface area contributed by atoms with E-state index in [1.54, 1.807) is 0 Å². The van der Waals surface area contributed by atoms with Crippen LogP contribution in [0.25, 0.3) is 0 Å². The van der Waals surface area contributed by atoms with Gasteiger partial charge in [-0.05, 0) is 32.4 Å². The van der Waals surface area contributed by atoms with Gasteiger partial charge in [0.15, 0.2) is 11.9 Å². The fourth-order valence-corrected chi connectivity index (χ4v) is 3.20. The van der Waals surface area contributed by atoms with Crippen molar-refractivity contribution < 1.29 is 42.4 Å². The monoisotopic (exact) mass is 442 g/mol. The van der Waals surface area contributed by atoms with Gasteiger partial charge in [-0.15, -0.1) is 0 Å². The molecule has 0 saturated carbocycles. The zero-order chi connectivity index (χ0) is 23.7. The lowest BCUT2D eigenvalue weighted by atomic mass is 9.81. The summed E-state index contributed by atoms with van der Waals surface area (Å²) in [7, 11) is 0.722. The number of alkyl halides is 3. The van der Waals surface area contributed by atoms with Crippen LogP contribution in [0.15, 0.2) is 54.1 Å².